The summed E-state index contributed by atoms with van der Waals surface area (Å²) in [5.41, 5.74) is -0.201. The molecule has 0 amide bonds. The zero-order valence-corrected chi connectivity index (χ0v) is 10.7. The topological polar surface area (TPSA) is 23.5 Å². The maximum absolute atomic E-state index is 13.6. The molecule has 0 bridgehead atoms. The second-order valence-electron chi connectivity index (χ2n) is 6.64. The Morgan fingerprint density at radius 2 is 1.60 bits per heavy atom. The Balaban J connectivity index is 2.98. The standard InChI is InChI=1S/C12H24FNO/c1-11(2,3)10-9(15)8(13)7-14(10)12(4,5)6/h8-10,15H,7H2,1-6H3/t8-,9-,10+/m1/s1. The van der Waals surface area contributed by atoms with Gasteiger partial charge in [0, 0.05) is 18.1 Å². The van der Waals surface area contributed by atoms with Crippen LogP contribution in [0.3, 0.4) is 0 Å². The maximum Gasteiger partial charge on any atom is 0.140 e. The Labute approximate surface area is 92.5 Å². The first kappa shape index (κ1) is 12.9. The van der Waals surface area contributed by atoms with Gasteiger partial charge in [-0.1, -0.05) is 20.8 Å². The molecule has 1 fully saturated rings. The fourth-order valence-electron chi connectivity index (χ4n) is 2.46. The average molecular weight is 217 g/mol. The Bertz CT molecular complexity index is 229. The van der Waals surface area contributed by atoms with Crippen molar-refractivity contribution in [1.82, 2.24) is 4.90 Å². The van der Waals surface area contributed by atoms with E-state index in [4.69, 9.17) is 0 Å². The van der Waals surface area contributed by atoms with Gasteiger partial charge >= 0.3 is 0 Å². The largest absolute Gasteiger partial charge is 0.388 e. The van der Waals surface area contributed by atoms with E-state index in [1.807, 2.05) is 0 Å². The molecule has 0 saturated carbocycles. The zero-order chi connectivity index (χ0) is 12.0. The van der Waals surface area contributed by atoms with E-state index in [2.05, 4.69) is 46.4 Å². The van der Waals surface area contributed by atoms with Gasteiger partial charge in [0.05, 0.1) is 0 Å². The summed E-state index contributed by atoms with van der Waals surface area (Å²) in [6.45, 7) is 12.7. The first-order chi connectivity index (χ1) is 6.55. The molecule has 0 aromatic heterocycles. The van der Waals surface area contributed by atoms with Crippen molar-refractivity contribution >= 4 is 0 Å². The van der Waals surface area contributed by atoms with E-state index in [1.165, 1.54) is 0 Å². The van der Waals surface area contributed by atoms with E-state index in [1.54, 1.807) is 0 Å². The minimum absolute atomic E-state index is 0.0975. The van der Waals surface area contributed by atoms with Crippen molar-refractivity contribution in [2.75, 3.05) is 6.54 Å². The summed E-state index contributed by atoms with van der Waals surface area (Å²) in [6, 6.07) is -0.104. The molecule has 0 aliphatic carbocycles. The third-order valence-electron chi connectivity index (χ3n) is 3.15. The van der Waals surface area contributed by atoms with E-state index in [0.717, 1.165) is 0 Å². The van der Waals surface area contributed by atoms with Crippen LogP contribution in [0.2, 0.25) is 0 Å². The van der Waals surface area contributed by atoms with Crippen molar-refractivity contribution in [3.05, 3.63) is 0 Å². The van der Waals surface area contributed by atoms with Crippen LogP contribution in [0.25, 0.3) is 0 Å². The van der Waals surface area contributed by atoms with E-state index >= 15 is 0 Å². The Kier molecular flexibility index (Phi) is 3.19. The molecule has 90 valence electrons. The summed E-state index contributed by atoms with van der Waals surface area (Å²) in [6.07, 6.45) is -1.97. The van der Waals surface area contributed by atoms with Gasteiger partial charge in [-0.05, 0) is 26.2 Å². The molecule has 3 atom stereocenters. The van der Waals surface area contributed by atoms with Gasteiger partial charge in [-0.3, -0.25) is 4.90 Å². The van der Waals surface area contributed by atoms with Gasteiger partial charge in [0.2, 0.25) is 0 Å². The van der Waals surface area contributed by atoms with Crippen LogP contribution < -0.4 is 0 Å². The van der Waals surface area contributed by atoms with Crippen LogP contribution in [0.5, 0.6) is 0 Å². The van der Waals surface area contributed by atoms with Gasteiger partial charge in [0.25, 0.3) is 0 Å². The summed E-state index contributed by atoms with van der Waals surface area (Å²) in [7, 11) is 0. The molecule has 15 heavy (non-hydrogen) atoms. The number of hydrogen-bond acceptors (Lipinski definition) is 2. The van der Waals surface area contributed by atoms with Crippen LogP contribution in [-0.2, 0) is 0 Å². The highest BCUT2D eigenvalue weighted by atomic mass is 19.1. The first-order valence-electron chi connectivity index (χ1n) is 5.64. The normalized spacial score (nSPS) is 34.8. The van der Waals surface area contributed by atoms with Gasteiger partial charge in [0.15, 0.2) is 0 Å². The number of aliphatic hydroxyl groups is 1. The summed E-state index contributed by atoms with van der Waals surface area (Å²) in [5, 5.41) is 9.91. The molecule has 1 rings (SSSR count). The Hall–Kier alpha value is -0.150. The molecule has 0 spiro atoms. The fourth-order valence-corrected chi connectivity index (χ4v) is 2.46. The third-order valence-corrected chi connectivity index (χ3v) is 3.15. The molecule has 1 heterocycles. The second-order valence-corrected chi connectivity index (χ2v) is 6.64. The van der Waals surface area contributed by atoms with Crippen LogP contribution in [0, 0.1) is 5.41 Å². The van der Waals surface area contributed by atoms with E-state index < -0.39 is 12.3 Å². The monoisotopic (exact) mass is 217 g/mol. The number of halogens is 1. The van der Waals surface area contributed by atoms with Gasteiger partial charge in [-0.15, -0.1) is 0 Å². The molecular weight excluding hydrogens is 193 g/mol. The highest BCUT2D eigenvalue weighted by molar-refractivity contribution is 5.03. The number of hydrogen-bond donors (Lipinski definition) is 1. The molecule has 1 aliphatic heterocycles. The summed E-state index contributed by atoms with van der Waals surface area (Å²) < 4.78 is 13.6. The van der Waals surface area contributed by atoms with E-state index in [-0.39, 0.29) is 17.0 Å². The lowest BCUT2D eigenvalue weighted by molar-refractivity contribution is -0.00328. The lowest BCUT2D eigenvalue weighted by atomic mass is 9.82. The highest BCUT2D eigenvalue weighted by Crippen LogP contribution is 2.38. The van der Waals surface area contributed by atoms with Crippen LogP contribution in [0.4, 0.5) is 4.39 Å². The second kappa shape index (κ2) is 3.70. The van der Waals surface area contributed by atoms with Crippen LogP contribution in [0.1, 0.15) is 41.5 Å². The Morgan fingerprint density at radius 3 is 1.87 bits per heavy atom. The number of alkyl halides is 1. The van der Waals surface area contributed by atoms with Crippen LogP contribution >= 0.6 is 0 Å². The summed E-state index contributed by atoms with van der Waals surface area (Å²) in [5.74, 6) is 0. The summed E-state index contributed by atoms with van der Waals surface area (Å²) >= 11 is 0. The number of likely N-dealkylation sites (tertiary alicyclic amines) is 1. The van der Waals surface area contributed by atoms with Gasteiger partial charge in [0.1, 0.15) is 12.3 Å². The van der Waals surface area contributed by atoms with Crippen molar-refractivity contribution in [3.8, 4) is 0 Å². The third kappa shape index (κ3) is 2.51. The van der Waals surface area contributed by atoms with Crippen molar-refractivity contribution in [3.63, 3.8) is 0 Å². The smallest absolute Gasteiger partial charge is 0.140 e. The molecule has 1 N–H and O–H groups in total. The quantitative estimate of drug-likeness (QED) is 0.672. The molecule has 0 unspecified atom stereocenters. The molecule has 1 aliphatic rings. The van der Waals surface area contributed by atoms with E-state index in [9.17, 15) is 9.50 Å². The minimum Gasteiger partial charge on any atom is -0.388 e. The number of nitrogens with zero attached hydrogens (tertiary/aromatic N) is 1. The molecule has 0 aromatic rings. The molecular formula is C12H24FNO. The number of rotatable bonds is 0. The van der Waals surface area contributed by atoms with Crippen LogP contribution in [0.15, 0.2) is 0 Å². The molecule has 1 saturated heterocycles. The SMILES string of the molecule is CC(C)(C)[C@@H]1[C@H](O)[C@H](F)CN1C(C)(C)C. The predicted molar refractivity (Wildman–Crippen MR) is 60.6 cm³/mol. The first-order valence-corrected chi connectivity index (χ1v) is 5.64. The van der Waals surface area contributed by atoms with Crippen molar-refractivity contribution in [1.29, 1.82) is 0 Å². The lowest BCUT2D eigenvalue weighted by Gasteiger charge is -2.43. The van der Waals surface area contributed by atoms with Gasteiger partial charge in [-0.2, -0.15) is 0 Å². The van der Waals surface area contributed by atoms with E-state index in [0.29, 0.717) is 6.54 Å². The predicted octanol–water partition coefficient (Wildman–Crippen LogP) is 2.21. The van der Waals surface area contributed by atoms with Crippen molar-refractivity contribution in [2.24, 2.45) is 5.41 Å². The van der Waals surface area contributed by atoms with Crippen molar-refractivity contribution < 1.29 is 9.50 Å². The highest BCUT2D eigenvalue weighted by Gasteiger charge is 2.50. The summed E-state index contributed by atoms with van der Waals surface area (Å²) in [4.78, 5) is 2.09. The van der Waals surface area contributed by atoms with Gasteiger partial charge in [-0.25, -0.2) is 4.39 Å². The van der Waals surface area contributed by atoms with Crippen LogP contribution in [-0.4, -0.2) is 40.4 Å². The van der Waals surface area contributed by atoms with Crippen molar-refractivity contribution in [2.45, 2.75) is 65.4 Å². The molecule has 2 nitrogen and oxygen atoms in total. The molecule has 0 radical (unpaired) electrons. The maximum atomic E-state index is 13.6. The minimum atomic E-state index is -1.12. The molecule has 3 heteroatoms. The average Bonchev–Trinajstić information content (AvgIpc) is 2.25. The fraction of sp³-hybridized carbons (Fsp3) is 1.00. The zero-order valence-electron chi connectivity index (χ0n) is 10.7. The molecule has 0 aromatic carbocycles. The number of aliphatic hydroxyl groups excluding tert-OH is 1. The Morgan fingerprint density at radius 1 is 1.13 bits per heavy atom. The lowest BCUT2D eigenvalue weighted by Crippen LogP contribution is -2.52. The van der Waals surface area contributed by atoms with Gasteiger partial charge < -0.3 is 5.11 Å².